The van der Waals surface area contributed by atoms with Gasteiger partial charge in [-0.25, -0.2) is 4.98 Å². The summed E-state index contributed by atoms with van der Waals surface area (Å²) in [7, 11) is 1.65. The molecule has 1 atom stereocenters. The van der Waals surface area contributed by atoms with Crippen LogP contribution >= 0.6 is 0 Å². The molecule has 0 aliphatic carbocycles. The van der Waals surface area contributed by atoms with Gasteiger partial charge in [0.1, 0.15) is 5.75 Å². The fourth-order valence-electron chi connectivity index (χ4n) is 2.65. The lowest BCUT2D eigenvalue weighted by molar-refractivity contribution is 0.415. The van der Waals surface area contributed by atoms with Gasteiger partial charge >= 0.3 is 0 Å². The average Bonchev–Trinajstić information content (AvgIpc) is 2.92. The molecule has 0 spiro atoms. The lowest BCUT2D eigenvalue weighted by Crippen LogP contribution is -2.24. The zero-order valence-electron chi connectivity index (χ0n) is 14.9. The molecule has 0 saturated carbocycles. The van der Waals surface area contributed by atoms with Crippen molar-refractivity contribution < 1.29 is 4.74 Å². The summed E-state index contributed by atoms with van der Waals surface area (Å²) in [5.41, 5.74) is 3.88. The Labute approximate surface area is 147 Å². The van der Waals surface area contributed by atoms with E-state index in [1.165, 1.54) is 0 Å². The van der Waals surface area contributed by atoms with E-state index in [4.69, 9.17) is 4.74 Å². The van der Waals surface area contributed by atoms with Crippen molar-refractivity contribution in [2.45, 2.75) is 33.4 Å². The van der Waals surface area contributed by atoms with Crippen LogP contribution in [0.15, 0.2) is 36.5 Å². The van der Waals surface area contributed by atoms with Crippen molar-refractivity contribution in [3.63, 3.8) is 0 Å². The summed E-state index contributed by atoms with van der Waals surface area (Å²) in [6, 6.07) is 9.88. The number of benzene rings is 1. The minimum Gasteiger partial charge on any atom is -0.497 e. The lowest BCUT2D eigenvalue weighted by Gasteiger charge is -2.15. The molecule has 2 heterocycles. The average molecular weight is 338 g/mol. The summed E-state index contributed by atoms with van der Waals surface area (Å²) in [6.07, 6.45) is 1.65. The van der Waals surface area contributed by atoms with Crippen LogP contribution in [-0.2, 0) is 6.54 Å². The summed E-state index contributed by atoms with van der Waals surface area (Å²) in [4.78, 5) is 4.55. The van der Waals surface area contributed by atoms with Gasteiger partial charge in [0.25, 0.3) is 0 Å². The molecule has 0 aliphatic rings. The van der Waals surface area contributed by atoms with Gasteiger partial charge in [-0.15, -0.1) is 5.10 Å². The smallest absolute Gasteiger partial charge is 0.243 e. The van der Waals surface area contributed by atoms with Crippen molar-refractivity contribution in [1.29, 1.82) is 0 Å². The van der Waals surface area contributed by atoms with Gasteiger partial charge < -0.3 is 10.1 Å². The zero-order chi connectivity index (χ0) is 17.8. The number of anilines is 1. The Balaban J connectivity index is 1.71. The molecule has 0 amide bonds. The SMILES string of the molecule is COc1ccc(-c2cnnc(NC(C)Cn3nc(C)cc3C)n2)cc1. The molecular weight excluding hydrogens is 316 g/mol. The number of nitrogens with zero attached hydrogens (tertiary/aromatic N) is 5. The minimum atomic E-state index is 0.117. The molecular formula is C18H22N6O. The molecule has 1 N–H and O–H groups in total. The van der Waals surface area contributed by atoms with Crippen molar-refractivity contribution in [3.05, 3.63) is 47.9 Å². The fourth-order valence-corrected chi connectivity index (χ4v) is 2.65. The van der Waals surface area contributed by atoms with Crippen LogP contribution in [0.25, 0.3) is 11.3 Å². The lowest BCUT2D eigenvalue weighted by atomic mass is 10.1. The summed E-state index contributed by atoms with van der Waals surface area (Å²) in [5, 5.41) is 15.9. The molecule has 7 heteroatoms. The number of aryl methyl sites for hydroxylation is 2. The van der Waals surface area contributed by atoms with Crippen LogP contribution < -0.4 is 10.1 Å². The molecule has 0 radical (unpaired) electrons. The Hall–Kier alpha value is -2.96. The minimum absolute atomic E-state index is 0.117. The van der Waals surface area contributed by atoms with E-state index in [2.05, 4.69) is 45.5 Å². The van der Waals surface area contributed by atoms with Crippen LogP contribution in [0.1, 0.15) is 18.3 Å². The Bertz CT molecular complexity index is 843. The molecule has 2 aromatic heterocycles. The topological polar surface area (TPSA) is 77.8 Å². The predicted octanol–water partition coefficient (Wildman–Crippen LogP) is 2.86. The van der Waals surface area contributed by atoms with Gasteiger partial charge in [-0.05, 0) is 51.1 Å². The normalized spacial score (nSPS) is 12.0. The van der Waals surface area contributed by atoms with Gasteiger partial charge in [-0.1, -0.05) is 0 Å². The number of methoxy groups -OCH3 is 1. The summed E-state index contributed by atoms with van der Waals surface area (Å²) >= 11 is 0. The first-order chi connectivity index (χ1) is 12.0. The van der Waals surface area contributed by atoms with Gasteiger partial charge in [0.15, 0.2) is 0 Å². The maximum atomic E-state index is 5.18. The van der Waals surface area contributed by atoms with Gasteiger partial charge in [0.2, 0.25) is 5.95 Å². The van der Waals surface area contributed by atoms with Gasteiger partial charge in [0.05, 0.1) is 31.2 Å². The number of ether oxygens (including phenoxy) is 1. The Kier molecular flexibility index (Phi) is 4.92. The highest BCUT2D eigenvalue weighted by molar-refractivity contribution is 5.60. The van der Waals surface area contributed by atoms with Gasteiger partial charge in [0, 0.05) is 17.3 Å². The first kappa shape index (κ1) is 16.9. The Morgan fingerprint density at radius 1 is 1.20 bits per heavy atom. The van der Waals surface area contributed by atoms with E-state index in [1.54, 1.807) is 13.3 Å². The highest BCUT2D eigenvalue weighted by Crippen LogP contribution is 2.20. The highest BCUT2D eigenvalue weighted by atomic mass is 16.5. The Morgan fingerprint density at radius 2 is 1.96 bits per heavy atom. The molecule has 1 aromatic carbocycles. The van der Waals surface area contributed by atoms with Gasteiger partial charge in [-0.3, -0.25) is 4.68 Å². The van der Waals surface area contributed by atoms with E-state index < -0.39 is 0 Å². The number of hydrogen-bond acceptors (Lipinski definition) is 6. The zero-order valence-corrected chi connectivity index (χ0v) is 14.9. The summed E-state index contributed by atoms with van der Waals surface area (Å²) < 4.78 is 7.16. The maximum Gasteiger partial charge on any atom is 0.243 e. The molecule has 0 aliphatic heterocycles. The molecule has 3 rings (SSSR count). The summed E-state index contributed by atoms with van der Waals surface area (Å²) in [5.74, 6) is 1.31. The van der Waals surface area contributed by atoms with E-state index in [0.717, 1.165) is 34.9 Å². The summed E-state index contributed by atoms with van der Waals surface area (Å²) in [6.45, 7) is 6.84. The standard InChI is InChI=1S/C18H22N6O/c1-12-9-14(3)24(23-12)11-13(2)20-18-21-17(10-19-22-18)15-5-7-16(25-4)8-6-15/h5-10,13H,11H2,1-4H3,(H,20,21,22). The second-order valence-electron chi connectivity index (χ2n) is 6.05. The molecule has 7 nitrogen and oxygen atoms in total. The third kappa shape index (κ3) is 4.12. The molecule has 0 saturated heterocycles. The van der Waals surface area contributed by atoms with E-state index >= 15 is 0 Å². The fraction of sp³-hybridized carbons (Fsp3) is 0.333. The van der Waals surface area contributed by atoms with Crippen LogP contribution in [0, 0.1) is 13.8 Å². The van der Waals surface area contributed by atoms with E-state index in [0.29, 0.717) is 5.95 Å². The third-order valence-electron chi connectivity index (χ3n) is 3.87. The second kappa shape index (κ2) is 7.29. The number of aromatic nitrogens is 5. The first-order valence-electron chi connectivity index (χ1n) is 8.17. The quantitative estimate of drug-likeness (QED) is 0.745. The number of hydrogen-bond donors (Lipinski definition) is 1. The molecule has 0 bridgehead atoms. The van der Waals surface area contributed by atoms with E-state index in [-0.39, 0.29) is 6.04 Å². The first-order valence-corrected chi connectivity index (χ1v) is 8.17. The van der Waals surface area contributed by atoms with Crippen LogP contribution in [0.4, 0.5) is 5.95 Å². The molecule has 0 fully saturated rings. The van der Waals surface area contributed by atoms with E-state index in [1.807, 2.05) is 35.9 Å². The van der Waals surface area contributed by atoms with Crippen LogP contribution in [0.2, 0.25) is 0 Å². The van der Waals surface area contributed by atoms with Crippen molar-refractivity contribution in [1.82, 2.24) is 25.0 Å². The third-order valence-corrected chi connectivity index (χ3v) is 3.87. The largest absolute Gasteiger partial charge is 0.497 e. The number of rotatable bonds is 6. The van der Waals surface area contributed by atoms with Crippen molar-refractivity contribution in [3.8, 4) is 17.0 Å². The molecule has 3 aromatic rings. The van der Waals surface area contributed by atoms with Crippen LogP contribution in [-0.4, -0.2) is 38.1 Å². The monoisotopic (exact) mass is 338 g/mol. The van der Waals surface area contributed by atoms with Gasteiger partial charge in [-0.2, -0.15) is 10.2 Å². The van der Waals surface area contributed by atoms with Crippen LogP contribution in [0.5, 0.6) is 5.75 Å². The van der Waals surface area contributed by atoms with Crippen LogP contribution in [0.3, 0.4) is 0 Å². The predicted molar refractivity (Wildman–Crippen MR) is 96.6 cm³/mol. The maximum absolute atomic E-state index is 5.18. The second-order valence-corrected chi connectivity index (χ2v) is 6.05. The van der Waals surface area contributed by atoms with Crippen molar-refractivity contribution in [2.24, 2.45) is 0 Å². The highest BCUT2D eigenvalue weighted by Gasteiger charge is 2.10. The number of nitrogens with one attached hydrogen (secondary N) is 1. The molecule has 1 unspecified atom stereocenters. The van der Waals surface area contributed by atoms with E-state index in [9.17, 15) is 0 Å². The molecule has 25 heavy (non-hydrogen) atoms. The molecule has 130 valence electrons. The Morgan fingerprint density at radius 3 is 2.60 bits per heavy atom. The van der Waals surface area contributed by atoms with Crippen molar-refractivity contribution in [2.75, 3.05) is 12.4 Å². The van der Waals surface area contributed by atoms with Crippen molar-refractivity contribution >= 4 is 5.95 Å².